The van der Waals surface area contributed by atoms with Crippen molar-refractivity contribution in [2.24, 2.45) is 5.73 Å². The number of nitrogens with one attached hydrogen (secondary N) is 2. The molecule has 0 amide bonds. The number of benzene rings is 3. The summed E-state index contributed by atoms with van der Waals surface area (Å²) in [4.78, 5) is 47.6. The van der Waals surface area contributed by atoms with Crippen LogP contribution in [0.15, 0.2) is 65.5 Å². The average Bonchev–Trinajstić information content (AvgIpc) is 3.72. The highest BCUT2D eigenvalue weighted by atomic mass is 19.4. The van der Waals surface area contributed by atoms with E-state index in [1.165, 1.54) is 25.3 Å². The maximum Gasteiger partial charge on any atom is 0.490 e. The molecule has 1 aliphatic heterocycles. The minimum atomic E-state index is -5.08. The van der Waals surface area contributed by atoms with E-state index in [0.717, 1.165) is 23.2 Å². The molecule has 56 heavy (non-hydrogen) atoms. The van der Waals surface area contributed by atoms with Crippen LogP contribution in [0.1, 0.15) is 45.2 Å². The lowest BCUT2D eigenvalue weighted by atomic mass is 9.90. The van der Waals surface area contributed by atoms with Crippen LogP contribution in [0.2, 0.25) is 0 Å². The van der Waals surface area contributed by atoms with Crippen LogP contribution in [-0.2, 0) is 16.0 Å². The van der Waals surface area contributed by atoms with Crippen molar-refractivity contribution < 1.29 is 69.9 Å². The number of aromatic carboxylic acids is 1. The first-order chi connectivity index (χ1) is 26.0. The zero-order chi connectivity index (χ0) is 42.1. The Morgan fingerprint density at radius 3 is 2.05 bits per heavy atom. The molecule has 0 aliphatic carbocycles. The van der Waals surface area contributed by atoms with Crippen LogP contribution in [0.25, 0.3) is 5.69 Å². The Morgan fingerprint density at radius 2 is 1.57 bits per heavy atom. The number of nitrogen functional groups attached to an aromatic ring is 1. The first kappa shape index (κ1) is 44.0. The van der Waals surface area contributed by atoms with Crippen molar-refractivity contribution in [2.45, 2.75) is 37.2 Å². The van der Waals surface area contributed by atoms with Crippen LogP contribution in [-0.4, -0.2) is 104 Å². The molecule has 4 aromatic rings. The molecular weight excluding hydrogens is 769 g/mol. The van der Waals surface area contributed by atoms with Crippen LogP contribution >= 0.6 is 0 Å². The van der Waals surface area contributed by atoms with Crippen LogP contribution in [0, 0.1) is 11.2 Å². The third-order valence-corrected chi connectivity index (χ3v) is 7.81. The number of carboxylic acids is 3. The van der Waals surface area contributed by atoms with E-state index in [-0.39, 0.29) is 46.7 Å². The summed E-state index contributed by atoms with van der Waals surface area (Å²) >= 11 is 0. The van der Waals surface area contributed by atoms with E-state index in [2.05, 4.69) is 15.0 Å². The molecule has 0 bridgehead atoms. The van der Waals surface area contributed by atoms with Crippen molar-refractivity contribution in [1.29, 1.82) is 5.41 Å². The van der Waals surface area contributed by atoms with Gasteiger partial charge in [-0.25, -0.2) is 23.6 Å². The van der Waals surface area contributed by atoms with E-state index in [4.69, 9.17) is 40.4 Å². The van der Waals surface area contributed by atoms with Gasteiger partial charge in [0.1, 0.15) is 23.5 Å². The number of aliphatic carboxylic acids is 2. The van der Waals surface area contributed by atoms with Crippen molar-refractivity contribution in [3.63, 3.8) is 0 Å². The molecule has 0 spiro atoms. The molecule has 0 saturated carbocycles. The van der Waals surface area contributed by atoms with Gasteiger partial charge in [0.05, 0.1) is 24.3 Å². The number of hydrogen-bond donors (Lipinski definition) is 6. The summed E-state index contributed by atoms with van der Waals surface area (Å²) in [5.41, 5.74) is 6.36. The van der Waals surface area contributed by atoms with Crippen molar-refractivity contribution in [3.8, 4) is 17.2 Å². The Morgan fingerprint density at radius 1 is 1.00 bits per heavy atom. The predicted molar refractivity (Wildman–Crippen MR) is 181 cm³/mol. The summed E-state index contributed by atoms with van der Waals surface area (Å²) in [5.74, 6) is -7.75. The fourth-order valence-electron chi connectivity index (χ4n) is 5.13. The first-order valence-electron chi connectivity index (χ1n) is 15.8. The third kappa shape index (κ3) is 11.8. The van der Waals surface area contributed by atoms with E-state index in [0.29, 0.717) is 17.9 Å². The Kier molecular flexibility index (Phi) is 14.3. The number of likely N-dealkylation sites (tertiary alicyclic amines) is 1. The highest BCUT2D eigenvalue weighted by Crippen LogP contribution is 2.37. The fourth-order valence-corrected chi connectivity index (χ4v) is 5.13. The number of methoxy groups -OCH3 is 1. The van der Waals surface area contributed by atoms with E-state index in [1.807, 2.05) is 7.05 Å². The van der Waals surface area contributed by atoms with Crippen molar-refractivity contribution in [3.05, 3.63) is 105 Å². The number of H-pyrrole nitrogens is 1. The van der Waals surface area contributed by atoms with E-state index in [9.17, 15) is 41.0 Å². The van der Waals surface area contributed by atoms with E-state index < -0.39 is 47.7 Å². The molecule has 2 heterocycles. The van der Waals surface area contributed by atoms with Gasteiger partial charge in [-0.2, -0.15) is 31.0 Å². The Labute approximate surface area is 311 Å². The lowest BCUT2D eigenvalue weighted by Gasteiger charge is -2.21. The van der Waals surface area contributed by atoms with Gasteiger partial charge in [-0.05, 0) is 43.7 Å². The minimum Gasteiger partial charge on any atom is -0.497 e. The van der Waals surface area contributed by atoms with Gasteiger partial charge in [0.2, 0.25) is 0 Å². The van der Waals surface area contributed by atoms with Crippen molar-refractivity contribution >= 4 is 23.7 Å². The maximum atomic E-state index is 16.3. The highest BCUT2D eigenvalue weighted by Gasteiger charge is 2.39. The lowest BCUT2D eigenvalue weighted by molar-refractivity contribution is -0.193. The predicted octanol–water partition coefficient (Wildman–Crippen LogP) is 4.41. The monoisotopic (exact) mass is 802 g/mol. The number of halogens is 7. The zero-order valence-electron chi connectivity index (χ0n) is 29.1. The third-order valence-electron chi connectivity index (χ3n) is 7.81. The quantitative estimate of drug-likeness (QED) is 0.0744. The Bertz CT molecular complexity index is 2080. The normalized spacial score (nSPS) is 14.7. The van der Waals surface area contributed by atoms with Gasteiger partial charge in [-0.3, -0.25) is 10.4 Å². The van der Waals surface area contributed by atoms with Crippen molar-refractivity contribution in [1.82, 2.24) is 19.7 Å². The summed E-state index contributed by atoms with van der Waals surface area (Å²) in [6.45, 7) is 1.48. The first-order valence-corrected chi connectivity index (χ1v) is 15.8. The molecule has 2 unspecified atom stereocenters. The van der Waals surface area contributed by atoms with Gasteiger partial charge >= 0.3 is 36.0 Å². The number of likely N-dealkylation sites (N-methyl/N-ethyl adjacent to an activating group) is 1. The smallest absolute Gasteiger partial charge is 0.490 e. The molecule has 1 saturated heterocycles. The summed E-state index contributed by atoms with van der Waals surface area (Å²) in [5, 5.41) is 36.1. The number of para-hydroxylation sites is 1. The number of alkyl halides is 6. The molecule has 22 heteroatoms. The van der Waals surface area contributed by atoms with Gasteiger partial charge in [0.15, 0.2) is 11.6 Å². The molecule has 15 nitrogen and oxygen atoms in total. The Hall–Kier alpha value is -6.45. The zero-order valence-corrected chi connectivity index (χ0v) is 29.1. The molecule has 7 N–H and O–H groups in total. The number of aromatic nitrogens is 3. The minimum absolute atomic E-state index is 0.0274. The second kappa shape index (κ2) is 18.3. The molecule has 1 aromatic heterocycles. The number of amidine groups is 1. The summed E-state index contributed by atoms with van der Waals surface area (Å²) in [7, 11) is 3.44. The van der Waals surface area contributed by atoms with E-state index >= 15 is 4.39 Å². The van der Waals surface area contributed by atoms with Crippen molar-refractivity contribution in [2.75, 3.05) is 27.2 Å². The van der Waals surface area contributed by atoms with E-state index in [1.54, 1.807) is 42.5 Å². The average molecular weight is 803 g/mol. The van der Waals surface area contributed by atoms with Crippen LogP contribution in [0.5, 0.6) is 11.5 Å². The largest absolute Gasteiger partial charge is 0.497 e. The molecule has 2 atom stereocenters. The van der Waals surface area contributed by atoms with Crippen LogP contribution < -0.4 is 20.9 Å². The number of carbonyl (C=O) groups is 3. The number of carboxylic acid groups (broad SMARTS) is 3. The molecule has 3 aromatic carbocycles. The molecule has 1 aliphatic rings. The van der Waals surface area contributed by atoms with Crippen LogP contribution in [0.3, 0.4) is 0 Å². The molecule has 302 valence electrons. The van der Waals surface area contributed by atoms with Gasteiger partial charge in [-0.1, -0.05) is 36.4 Å². The summed E-state index contributed by atoms with van der Waals surface area (Å²) in [6.07, 6.45) is -9.43. The topological polar surface area (TPSA) is 234 Å². The summed E-state index contributed by atoms with van der Waals surface area (Å²) in [6, 6.07) is 15.9. The number of aromatic amines is 1. The number of rotatable bonds is 10. The fraction of sp³-hybridized carbons (Fsp3) is 0.294. The second-order valence-electron chi connectivity index (χ2n) is 11.8. The molecular formula is C34H33F7N6O9. The summed E-state index contributed by atoms with van der Waals surface area (Å²) < 4.78 is 92.3. The second-order valence-corrected chi connectivity index (χ2v) is 11.8. The highest BCUT2D eigenvalue weighted by molar-refractivity contribution is 5.95. The van der Waals surface area contributed by atoms with Gasteiger partial charge in [-0.15, -0.1) is 5.10 Å². The number of nitrogens with two attached hydrogens (primary N) is 1. The molecule has 0 radical (unpaired) electrons. The Balaban J connectivity index is 0.000000512. The maximum absolute atomic E-state index is 16.3. The van der Waals surface area contributed by atoms with Gasteiger partial charge < -0.3 is 35.4 Å². The number of hydrogen-bond acceptors (Lipinski definition) is 9. The molecule has 5 rings (SSSR count). The van der Waals surface area contributed by atoms with Crippen LogP contribution in [0.4, 0.5) is 30.7 Å². The molecule has 1 fully saturated rings. The number of ether oxygens (including phenoxy) is 2. The lowest BCUT2D eigenvalue weighted by Crippen LogP contribution is -2.22. The van der Waals surface area contributed by atoms with Gasteiger partial charge in [0.25, 0.3) is 0 Å². The standard InChI is InChI=1S/C30H31FN6O5.2C2HF3O2/c1-36-12-11-19(16-36)42-25-15-20(41-2)14-22(26(25)31)23(13-17-7-9-18(10-8-17)27(32)33)28-34-30(40)37(35-28)24-6-4-3-5-21(24)29(38)39;2*3-2(4,5)1(6)7/h3-10,14-15,19,23H,11-13,16H2,1-2H3,(H3,32,33)(H,38,39)(H,34,35,40);2*(H,6,7). The SMILES string of the molecule is COc1cc(OC2CCN(C)C2)c(F)c(C(Cc2ccc(C(=N)N)cc2)c2nn(-c3ccccc3C(=O)O)c(=O)[nH]2)c1.O=C(O)C(F)(F)F.O=C(O)C(F)(F)F. The van der Waals surface area contributed by atoms with Gasteiger partial charge in [0, 0.05) is 30.3 Å². The number of nitrogens with zero attached hydrogens (tertiary/aromatic N) is 3.